The van der Waals surface area contributed by atoms with Gasteiger partial charge in [0.05, 0.1) is 8.07 Å². The second kappa shape index (κ2) is 11.3. The Labute approximate surface area is 111 Å². The summed E-state index contributed by atoms with van der Waals surface area (Å²) in [5.74, 6) is 0. The Bertz CT molecular complexity index is 121. The second-order valence-corrected chi connectivity index (χ2v) is 10.7. The molecular formula is C15H35NSi. The van der Waals surface area contributed by atoms with E-state index < -0.39 is 8.07 Å². The summed E-state index contributed by atoms with van der Waals surface area (Å²) in [7, 11) is -0.959. The maximum Gasteiger partial charge on any atom is 0.0536 e. The van der Waals surface area contributed by atoms with Crippen molar-refractivity contribution in [3.05, 3.63) is 0 Å². The van der Waals surface area contributed by atoms with Crippen LogP contribution in [0, 0.1) is 0 Å². The fourth-order valence-electron chi connectivity index (χ4n) is 2.88. The van der Waals surface area contributed by atoms with Crippen LogP contribution < -0.4 is 5.73 Å². The Morgan fingerprint density at radius 1 is 0.647 bits per heavy atom. The molecule has 0 aliphatic heterocycles. The van der Waals surface area contributed by atoms with Gasteiger partial charge in [-0.1, -0.05) is 83.5 Å². The fraction of sp³-hybridized carbons (Fsp3) is 1.00. The van der Waals surface area contributed by atoms with Crippen molar-refractivity contribution < 1.29 is 0 Å². The van der Waals surface area contributed by atoms with Crippen LogP contribution >= 0.6 is 0 Å². The zero-order valence-corrected chi connectivity index (χ0v) is 13.6. The molecule has 0 unspecified atom stereocenters. The summed E-state index contributed by atoms with van der Waals surface area (Å²) in [5.41, 5.74) is 5.74. The lowest BCUT2D eigenvalue weighted by molar-refractivity contribution is 0.770. The number of nitrogens with two attached hydrogens (primary N) is 1. The molecule has 0 rings (SSSR count). The SMILES string of the molecule is CCCC[Si](CCCC)(CCCC)CCCN. The van der Waals surface area contributed by atoms with Gasteiger partial charge in [0.1, 0.15) is 0 Å². The molecule has 0 radical (unpaired) electrons. The molecule has 0 atom stereocenters. The van der Waals surface area contributed by atoms with Crippen LogP contribution in [0.1, 0.15) is 65.7 Å². The third-order valence-electron chi connectivity index (χ3n) is 4.09. The van der Waals surface area contributed by atoms with Gasteiger partial charge >= 0.3 is 0 Å². The van der Waals surface area contributed by atoms with Crippen molar-refractivity contribution in [2.24, 2.45) is 5.73 Å². The van der Waals surface area contributed by atoms with E-state index in [0.29, 0.717) is 0 Å². The van der Waals surface area contributed by atoms with Crippen LogP contribution in [0.4, 0.5) is 0 Å². The average molecular weight is 258 g/mol. The molecule has 0 spiro atoms. The molecule has 0 saturated carbocycles. The van der Waals surface area contributed by atoms with Crippen molar-refractivity contribution in [3.63, 3.8) is 0 Å². The first-order chi connectivity index (χ1) is 8.24. The number of unbranched alkanes of at least 4 members (excludes halogenated alkanes) is 3. The molecule has 0 aromatic rings. The Kier molecular flexibility index (Phi) is 11.4. The van der Waals surface area contributed by atoms with Crippen LogP contribution in [0.15, 0.2) is 0 Å². The van der Waals surface area contributed by atoms with Crippen LogP contribution in [0.2, 0.25) is 24.2 Å². The van der Waals surface area contributed by atoms with E-state index in [-0.39, 0.29) is 0 Å². The molecule has 2 heteroatoms. The molecule has 0 bridgehead atoms. The second-order valence-electron chi connectivity index (χ2n) is 5.70. The molecule has 0 aliphatic rings. The first kappa shape index (κ1) is 17.2. The molecule has 1 nitrogen and oxygen atoms in total. The largest absolute Gasteiger partial charge is 0.330 e. The third-order valence-corrected chi connectivity index (χ3v) is 9.75. The summed E-state index contributed by atoms with van der Waals surface area (Å²) in [5, 5.41) is 0. The minimum atomic E-state index is -0.959. The molecule has 17 heavy (non-hydrogen) atoms. The maximum absolute atomic E-state index is 5.74. The summed E-state index contributed by atoms with van der Waals surface area (Å²) < 4.78 is 0. The highest BCUT2D eigenvalue weighted by molar-refractivity contribution is 6.79. The van der Waals surface area contributed by atoms with Crippen molar-refractivity contribution in [2.45, 2.75) is 89.9 Å². The van der Waals surface area contributed by atoms with Gasteiger partial charge in [-0.05, 0) is 13.0 Å². The van der Waals surface area contributed by atoms with Crippen LogP contribution in [0.3, 0.4) is 0 Å². The van der Waals surface area contributed by atoms with Crippen molar-refractivity contribution in [3.8, 4) is 0 Å². The molecule has 2 N–H and O–H groups in total. The fourth-order valence-corrected chi connectivity index (χ4v) is 8.65. The van der Waals surface area contributed by atoms with E-state index in [4.69, 9.17) is 5.73 Å². The van der Waals surface area contributed by atoms with E-state index in [1.54, 1.807) is 18.1 Å². The number of hydrogen-bond acceptors (Lipinski definition) is 1. The van der Waals surface area contributed by atoms with Crippen molar-refractivity contribution >= 4 is 8.07 Å². The molecule has 0 fully saturated rings. The van der Waals surface area contributed by atoms with Gasteiger partial charge in [-0.2, -0.15) is 0 Å². The van der Waals surface area contributed by atoms with Gasteiger partial charge in [-0.25, -0.2) is 0 Å². The monoisotopic (exact) mass is 257 g/mol. The van der Waals surface area contributed by atoms with Crippen LogP contribution in [0.25, 0.3) is 0 Å². The molecule has 0 aliphatic carbocycles. The van der Waals surface area contributed by atoms with Crippen molar-refractivity contribution in [1.29, 1.82) is 0 Å². The first-order valence-corrected chi connectivity index (χ1v) is 10.8. The number of rotatable bonds is 12. The average Bonchev–Trinajstić information content (AvgIpc) is 2.37. The topological polar surface area (TPSA) is 26.0 Å². The lowest BCUT2D eigenvalue weighted by atomic mass is 10.4. The minimum Gasteiger partial charge on any atom is -0.330 e. The van der Waals surface area contributed by atoms with E-state index in [9.17, 15) is 0 Å². The van der Waals surface area contributed by atoms with Crippen LogP contribution in [-0.4, -0.2) is 14.6 Å². The molecule has 0 amide bonds. The van der Waals surface area contributed by atoms with E-state index in [2.05, 4.69) is 20.8 Å². The summed E-state index contributed by atoms with van der Waals surface area (Å²) in [6, 6.07) is 6.22. The quantitative estimate of drug-likeness (QED) is 0.479. The van der Waals surface area contributed by atoms with E-state index in [1.807, 2.05) is 0 Å². The standard InChI is InChI=1S/C15H35NSi/c1-4-7-12-17(13-8-5-2,14-9-6-3)15-10-11-16/h4-16H2,1-3H3. The highest BCUT2D eigenvalue weighted by atomic mass is 28.3. The van der Waals surface area contributed by atoms with Crippen LogP contribution in [0.5, 0.6) is 0 Å². The van der Waals surface area contributed by atoms with Gasteiger partial charge < -0.3 is 5.73 Å². The van der Waals surface area contributed by atoms with Gasteiger partial charge in [0.25, 0.3) is 0 Å². The van der Waals surface area contributed by atoms with Gasteiger partial charge in [-0.3, -0.25) is 0 Å². The summed E-state index contributed by atoms with van der Waals surface area (Å²) in [6.07, 6.45) is 9.78. The molecule has 0 aromatic heterocycles. The molecule has 0 saturated heterocycles. The van der Waals surface area contributed by atoms with Gasteiger partial charge in [-0.15, -0.1) is 0 Å². The lowest BCUT2D eigenvalue weighted by Gasteiger charge is -2.32. The Morgan fingerprint density at radius 2 is 1.00 bits per heavy atom. The molecular weight excluding hydrogens is 222 g/mol. The van der Waals surface area contributed by atoms with Gasteiger partial charge in [0, 0.05) is 0 Å². The Hall–Kier alpha value is 0.177. The number of hydrogen-bond donors (Lipinski definition) is 1. The Balaban J connectivity index is 4.39. The highest BCUT2D eigenvalue weighted by Crippen LogP contribution is 2.32. The summed E-state index contributed by atoms with van der Waals surface area (Å²) >= 11 is 0. The lowest BCUT2D eigenvalue weighted by Crippen LogP contribution is -2.34. The van der Waals surface area contributed by atoms with Gasteiger partial charge in [0.15, 0.2) is 0 Å². The van der Waals surface area contributed by atoms with E-state index >= 15 is 0 Å². The third kappa shape index (κ3) is 7.99. The summed E-state index contributed by atoms with van der Waals surface area (Å²) in [6.45, 7) is 7.91. The van der Waals surface area contributed by atoms with Crippen LogP contribution in [-0.2, 0) is 0 Å². The zero-order chi connectivity index (χ0) is 13.0. The first-order valence-electron chi connectivity index (χ1n) is 7.94. The molecule has 0 aromatic carbocycles. The normalized spacial score (nSPS) is 12.0. The van der Waals surface area contributed by atoms with Crippen molar-refractivity contribution in [1.82, 2.24) is 0 Å². The van der Waals surface area contributed by atoms with Gasteiger partial charge in [0.2, 0.25) is 0 Å². The molecule has 104 valence electrons. The zero-order valence-electron chi connectivity index (χ0n) is 12.6. The predicted molar refractivity (Wildman–Crippen MR) is 83.4 cm³/mol. The minimum absolute atomic E-state index is 0.902. The van der Waals surface area contributed by atoms with Crippen molar-refractivity contribution in [2.75, 3.05) is 6.54 Å². The highest BCUT2D eigenvalue weighted by Gasteiger charge is 2.29. The Morgan fingerprint density at radius 3 is 1.29 bits per heavy atom. The summed E-state index contributed by atoms with van der Waals surface area (Å²) in [4.78, 5) is 0. The molecule has 0 heterocycles. The van der Waals surface area contributed by atoms with E-state index in [1.165, 1.54) is 51.0 Å². The predicted octanol–water partition coefficient (Wildman–Crippen LogP) is 5.18. The maximum atomic E-state index is 5.74. The smallest absolute Gasteiger partial charge is 0.0536 e. The van der Waals surface area contributed by atoms with E-state index in [0.717, 1.165) is 6.54 Å².